The molecule has 0 saturated carbocycles. The fourth-order valence-corrected chi connectivity index (χ4v) is 1.77. The second-order valence-corrected chi connectivity index (χ2v) is 3.99. The van der Waals surface area contributed by atoms with Crippen LogP contribution < -0.4 is 0 Å². The van der Waals surface area contributed by atoms with E-state index in [-0.39, 0.29) is 5.91 Å². The van der Waals surface area contributed by atoms with Crippen molar-refractivity contribution >= 4 is 5.91 Å². The van der Waals surface area contributed by atoms with Crippen LogP contribution in [-0.2, 0) is 4.74 Å². The molecule has 5 heteroatoms. The number of aromatic nitrogens is 1. The first-order chi connectivity index (χ1) is 8.20. The average Bonchev–Trinajstić information content (AvgIpc) is 2.38. The molecule has 0 N–H and O–H groups in total. The Labute approximate surface area is 99.6 Å². The summed E-state index contributed by atoms with van der Waals surface area (Å²) in [6.07, 6.45) is 2.73. The Balaban J connectivity index is 2.12. The number of carbonyl (C=O) groups is 1. The Morgan fingerprint density at radius 3 is 3.18 bits per heavy atom. The van der Waals surface area contributed by atoms with Crippen molar-refractivity contribution in [2.45, 2.75) is 13.0 Å². The van der Waals surface area contributed by atoms with Crippen molar-refractivity contribution in [1.29, 1.82) is 5.26 Å². The Bertz CT molecular complexity index is 467. The summed E-state index contributed by atoms with van der Waals surface area (Å²) in [5, 5.41) is 8.78. The molecule has 1 aromatic rings. The maximum absolute atomic E-state index is 12.1. The van der Waals surface area contributed by atoms with Gasteiger partial charge in [-0.3, -0.25) is 9.78 Å². The van der Waals surface area contributed by atoms with Gasteiger partial charge in [-0.1, -0.05) is 0 Å². The van der Waals surface area contributed by atoms with E-state index in [4.69, 9.17) is 10.00 Å². The first kappa shape index (κ1) is 11.6. The predicted molar refractivity (Wildman–Crippen MR) is 60.2 cm³/mol. The standard InChI is InChI=1S/C12H13N3O2/c1-9-4-10(7-14-6-9)12(16)15-2-3-17-11(5-13)8-15/h4,6-7,11H,2-3,8H2,1H3. The zero-order chi connectivity index (χ0) is 12.3. The molecule has 1 aromatic heterocycles. The van der Waals surface area contributed by atoms with E-state index in [1.165, 1.54) is 0 Å². The lowest BCUT2D eigenvalue weighted by atomic mass is 10.2. The average molecular weight is 231 g/mol. The quantitative estimate of drug-likeness (QED) is 0.715. The van der Waals surface area contributed by atoms with Gasteiger partial charge in [0.05, 0.1) is 24.8 Å². The third kappa shape index (κ3) is 2.60. The number of hydrogen-bond acceptors (Lipinski definition) is 4. The summed E-state index contributed by atoms with van der Waals surface area (Å²) in [5.41, 5.74) is 1.50. The lowest BCUT2D eigenvalue weighted by Gasteiger charge is -2.29. The van der Waals surface area contributed by atoms with E-state index >= 15 is 0 Å². The van der Waals surface area contributed by atoms with E-state index in [1.54, 1.807) is 23.4 Å². The summed E-state index contributed by atoms with van der Waals surface area (Å²) in [5.74, 6) is -0.0928. The van der Waals surface area contributed by atoms with Crippen molar-refractivity contribution in [3.63, 3.8) is 0 Å². The second-order valence-electron chi connectivity index (χ2n) is 3.99. The zero-order valence-electron chi connectivity index (χ0n) is 9.59. The summed E-state index contributed by atoms with van der Waals surface area (Å²) in [7, 11) is 0. The maximum atomic E-state index is 12.1. The monoisotopic (exact) mass is 231 g/mol. The summed E-state index contributed by atoms with van der Waals surface area (Å²) in [6.45, 7) is 3.14. The van der Waals surface area contributed by atoms with Crippen LogP contribution in [0.2, 0.25) is 0 Å². The smallest absolute Gasteiger partial charge is 0.255 e. The Morgan fingerprint density at radius 2 is 2.47 bits per heavy atom. The molecule has 1 unspecified atom stereocenters. The van der Waals surface area contributed by atoms with Gasteiger partial charge in [0.1, 0.15) is 0 Å². The van der Waals surface area contributed by atoms with Crippen molar-refractivity contribution in [3.05, 3.63) is 29.6 Å². The topological polar surface area (TPSA) is 66.2 Å². The molecule has 1 aliphatic rings. The summed E-state index contributed by atoms with van der Waals surface area (Å²) in [4.78, 5) is 17.8. The number of ether oxygens (including phenoxy) is 1. The molecule has 1 atom stereocenters. The van der Waals surface area contributed by atoms with Gasteiger partial charge in [-0.25, -0.2) is 0 Å². The fraction of sp³-hybridized carbons (Fsp3) is 0.417. The highest BCUT2D eigenvalue weighted by atomic mass is 16.5. The number of aryl methyl sites for hydroxylation is 1. The molecule has 0 aromatic carbocycles. The summed E-state index contributed by atoms with van der Waals surface area (Å²) >= 11 is 0. The largest absolute Gasteiger partial charge is 0.360 e. The van der Waals surface area contributed by atoms with E-state index in [2.05, 4.69) is 4.98 Å². The molecule has 17 heavy (non-hydrogen) atoms. The maximum Gasteiger partial charge on any atom is 0.255 e. The van der Waals surface area contributed by atoms with Gasteiger partial charge < -0.3 is 9.64 Å². The molecule has 0 spiro atoms. The highest BCUT2D eigenvalue weighted by molar-refractivity contribution is 5.94. The van der Waals surface area contributed by atoms with E-state index in [9.17, 15) is 4.79 Å². The van der Waals surface area contributed by atoms with Crippen molar-refractivity contribution < 1.29 is 9.53 Å². The number of nitrogens with zero attached hydrogens (tertiary/aromatic N) is 3. The molecule has 0 bridgehead atoms. The zero-order valence-corrected chi connectivity index (χ0v) is 9.59. The highest BCUT2D eigenvalue weighted by Gasteiger charge is 2.24. The van der Waals surface area contributed by atoms with E-state index in [1.807, 2.05) is 13.0 Å². The molecule has 2 heterocycles. The van der Waals surface area contributed by atoms with Crippen molar-refractivity contribution in [3.8, 4) is 6.07 Å². The van der Waals surface area contributed by atoms with Gasteiger partial charge in [0.2, 0.25) is 0 Å². The van der Waals surface area contributed by atoms with Crippen LogP contribution in [0.4, 0.5) is 0 Å². The molecule has 5 nitrogen and oxygen atoms in total. The Hall–Kier alpha value is -1.93. The minimum atomic E-state index is -0.523. The molecule has 1 amide bonds. The molecule has 0 radical (unpaired) electrons. The number of amides is 1. The number of rotatable bonds is 1. The molecule has 88 valence electrons. The van der Waals surface area contributed by atoms with Crippen LogP contribution in [0.25, 0.3) is 0 Å². The van der Waals surface area contributed by atoms with Crippen molar-refractivity contribution in [2.75, 3.05) is 19.7 Å². The van der Waals surface area contributed by atoms with Crippen molar-refractivity contribution in [2.24, 2.45) is 0 Å². The van der Waals surface area contributed by atoms with Crippen LogP contribution in [0.1, 0.15) is 15.9 Å². The van der Waals surface area contributed by atoms with Crippen LogP contribution in [0.3, 0.4) is 0 Å². The molecular formula is C12H13N3O2. The number of pyridine rings is 1. The molecule has 1 fully saturated rings. The van der Waals surface area contributed by atoms with Gasteiger partial charge in [-0.05, 0) is 18.6 Å². The van der Waals surface area contributed by atoms with Crippen LogP contribution in [0.15, 0.2) is 18.5 Å². The fourth-order valence-electron chi connectivity index (χ4n) is 1.77. The SMILES string of the molecule is Cc1cncc(C(=O)N2CCOC(C#N)C2)c1. The van der Waals surface area contributed by atoms with Gasteiger partial charge in [-0.2, -0.15) is 5.26 Å². The highest BCUT2D eigenvalue weighted by Crippen LogP contribution is 2.10. The minimum Gasteiger partial charge on any atom is -0.360 e. The van der Waals surface area contributed by atoms with Gasteiger partial charge in [0, 0.05) is 18.9 Å². The Kier molecular flexibility index (Phi) is 3.35. The van der Waals surface area contributed by atoms with E-state index < -0.39 is 6.10 Å². The first-order valence-corrected chi connectivity index (χ1v) is 5.43. The van der Waals surface area contributed by atoms with E-state index in [0.29, 0.717) is 25.3 Å². The molecule has 1 aliphatic heterocycles. The minimum absolute atomic E-state index is 0.0928. The van der Waals surface area contributed by atoms with Crippen LogP contribution in [-0.4, -0.2) is 41.6 Å². The van der Waals surface area contributed by atoms with Gasteiger partial charge in [0.25, 0.3) is 5.91 Å². The molecule has 1 saturated heterocycles. The van der Waals surface area contributed by atoms with Crippen LogP contribution in [0, 0.1) is 18.3 Å². The van der Waals surface area contributed by atoms with Crippen LogP contribution in [0.5, 0.6) is 0 Å². The molecular weight excluding hydrogens is 218 g/mol. The molecule has 0 aliphatic carbocycles. The Morgan fingerprint density at radius 1 is 1.65 bits per heavy atom. The number of carbonyl (C=O) groups excluding carboxylic acids is 1. The summed E-state index contributed by atoms with van der Waals surface area (Å²) in [6, 6.07) is 3.82. The van der Waals surface area contributed by atoms with Crippen molar-refractivity contribution in [1.82, 2.24) is 9.88 Å². The van der Waals surface area contributed by atoms with Gasteiger partial charge >= 0.3 is 0 Å². The first-order valence-electron chi connectivity index (χ1n) is 5.43. The van der Waals surface area contributed by atoms with Gasteiger partial charge in [0.15, 0.2) is 6.10 Å². The van der Waals surface area contributed by atoms with Gasteiger partial charge in [-0.15, -0.1) is 0 Å². The normalized spacial score (nSPS) is 19.8. The molecule has 2 rings (SSSR count). The summed E-state index contributed by atoms with van der Waals surface area (Å²) < 4.78 is 5.20. The lowest BCUT2D eigenvalue weighted by Crippen LogP contribution is -2.45. The number of nitriles is 1. The lowest BCUT2D eigenvalue weighted by molar-refractivity contribution is 0.00344. The second kappa shape index (κ2) is 4.93. The number of morpholine rings is 1. The van der Waals surface area contributed by atoms with Crippen LogP contribution >= 0.6 is 0 Å². The third-order valence-electron chi connectivity index (χ3n) is 2.62. The van der Waals surface area contributed by atoms with E-state index in [0.717, 1.165) is 5.56 Å². The third-order valence-corrected chi connectivity index (χ3v) is 2.62. The number of hydrogen-bond donors (Lipinski definition) is 0. The predicted octanol–water partition coefficient (Wildman–Crippen LogP) is 0.755.